The van der Waals surface area contributed by atoms with E-state index in [1.807, 2.05) is 6.92 Å². The number of rotatable bonds is 5. The number of hydrogen-bond acceptors (Lipinski definition) is 4. The van der Waals surface area contributed by atoms with Crippen molar-refractivity contribution in [1.82, 2.24) is 0 Å². The molecule has 1 atom stereocenters. The Bertz CT molecular complexity index is 240. The molecular weight excluding hydrogens is 208 g/mol. The van der Waals surface area contributed by atoms with Gasteiger partial charge in [0.25, 0.3) is 0 Å². The molecule has 0 aliphatic heterocycles. The highest BCUT2D eigenvalue weighted by Gasteiger charge is 2.19. The van der Waals surface area contributed by atoms with Crippen LogP contribution in [0.5, 0.6) is 0 Å². The Kier molecular flexibility index (Phi) is 6.08. The molecule has 0 saturated carbocycles. The Labute approximate surface area is 97.3 Å². The number of esters is 2. The molecule has 0 saturated heterocycles. The third kappa shape index (κ3) is 7.26. The van der Waals surface area contributed by atoms with E-state index in [0.717, 1.165) is 12.8 Å². The van der Waals surface area contributed by atoms with Crippen molar-refractivity contribution in [1.29, 1.82) is 0 Å². The molecule has 0 bridgehead atoms. The van der Waals surface area contributed by atoms with Gasteiger partial charge < -0.3 is 9.47 Å². The SMILES string of the molecule is CCCC(C)C(=O)OCC(=O)OC(C)(C)C. The first-order chi connectivity index (χ1) is 7.26. The molecule has 0 heterocycles. The van der Waals surface area contributed by atoms with Crippen LogP contribution in [0.3, 0.4) is 0 Å². The van der Waals surface area contributed by atoms with Gasteiger partial charge in [0.05, 0.1) is 5.92 Å². The lowest BCUT2D eigenvalue weighted by atomic mass is 10.1. The van der Waals surface area contributed by atoms with Gasteiger partial charge in [-0.3, -0.25) is 4.79 Å². The zero-order chi connectivity index (χ0) is 12.8. The Morgan fingerprint density at radius 1 is 1.25 bits per heavy atom. The van der Waals surface area contributed by atoms with Crippen LogP contribution >= 0.6 is 0 Å². The minimum Gasteiger partial charge on any atom is -0.457 e. The summed E-state index contributed by atoms with van der Waals surface area (Å²) in [5.74, 6) is -1.01. The molecule has 1 unspecified atom stereocenters. The molecule has 0 aromatic carbocycles. The van der Waals surface area contributed by atoms with Gasteiger partial charge in [-0.2, -0.15) is 0 Å². The maximum atomic E-state index is 11.4. The molecule has 0 aliphatic rings. The van der Waals surface area contributed by atoms with Gasteiger partial charge in [-0.25, -0.2) is 4.79 Å². The maximum absolute atomic E-state index is 11.4. The zero-order valence-corrected chi connectivity index (χ0v) is 10.8. The molecule has 0 N–H and O–H groups in total. The average molecular weight is 230 g/mol. The first-order valence-electron chi connectivity index (χ1n) is 5.64. The second kappa shape index (κ2) is 6.51. The second-order valence-corrected chi connectivity index (χ2v) is 4.88. The number of hydrogen-bond donors (Lipinski definition) is 0. The first kappa shape index (κ1) is 14.9. The summed E-state index contributed by atoms with van der Waals surface area (Å²) >= 11 is 0. The van der Waals surface area contributed by atoms with Crippen LogP contribution in [0.1, 0.15) is 47.5 Å². The minimum atomic E-state index is -0.543. The highest BCUT2D eigenvalue weighted by Crippen LogP contribution is 2.09. The third-order valence-electron chi connectivity index (χ3n) is 1.88. The normalized spacial score (nSPS) is 13.1. The predicted molar refractivity (Wildman–Crippen MR) is 60.9 cm³/mol. The molecule has 0 rings (SSSR count). The largest absolute Gasteiger partial charge is 0.457 e. The van der Waals surface area contributed by atoms with Crippen LogP contribution in [0.4, 0.5) is 0 Å². The summed E-state index contributed by atoms with van der Waals surface area (Å²) < 4.78 is 9.86. The summed E-state index contributed by atoms with van der Waals surface area (Å²) in [6.07, 6.45) is 1.69. The number of ether oxygens (including phenoxy) is 2. The first-order valence-corrected chi connectivity index (χ1v) is 5.64. The lowest BCUT2D eigenvalue weighted by Gasteiger charge is -2.19. The van der Waals surface area contributed by atoms with E-state index in [9.17, 15) is 9.59 Å². The Morgan fingerprint density at radius 3 is 2.25 bits per heavy atom. The Balaban J connectivity index is 3.88. The van der Waals surface area contributed by atoms with Crippen LogP contribution in [0.25, 0.3) is 0 Å². The summed E-state index contributed by atoms with van der Waals surface area (Å²) in [5.41, 5.74) is -0.543. The molecule has 0 aromatic heterocycles. The zero-order valence-electron chi connectivity index (χ0n) is 10.8. The fourth-order valence-corrected chi connectivity index (χ4v) is 1.19. The van der Waals surface area contributed by atoms with Crippen LogP contribution in [0.15, 0.2) is 0 Å². The van der Waals surface area contributed by atoms with Gasteiger partial charge in [0.15, 0.2) is 6.61 Å². The predicted octanol–water partition coefficient (Wildman–Crippen LogP) is 2.31. The molecule has 4 nitrogen and oxygen atoms in total. The van der Waals surface area contributed by atoms with E-state index in [4.69, 9.17) is 9.47 Å². The van der Waals surface area contributed by atoms with Gasteiger partial charge in [-0.1, -0.05) is 20.3 Å². The molecule has 16 heavy (non-hydrogen) atoms. The van der Waals surface area contributed by atoms with E-state index in [-0.39, 0.29) is 18.5 Å². The van der Waals surface area contributed by atoms with Crippen molar-refractivity contribution in [2.45, 2.75) is 53.1 Å². The van der Waals surface area contributed by atoms with Crippen LogP contribution in [-0.4, -0.2) is 24.1 Å². The van der Waals surface area contributed by atoms with Crippen molar-refractivity contribution < 1.29 is 19.1 Å². The standard InChI is InChI=1S/C12H22O4/c1-6-7-9(2)11(14)15-8-10(13)16-12(3,4)5/h9H,6-8H2,1-5H3. The van der Waals surface area contributed by atoms with E-state index >= 15 is 0 Å². The van der Waals surface area contributed by atoms with Crippen LogP contribution < -0.4 is 0 Å². The van der Waals surface area contributed by atoms with Gasteiger partial charge in [0, 0.05) is 0 Å². The third-order valence-corrected chi connectivity index (χ3v) is 1.88. The molecule has 0 spiro atoms. The van der Waals surface area contributed by atoms with E-state index < -0.39 is 11.6 Å². The Hall–Kier alpha value is -1.06. The molecule has 4 heteroatoms. The van der Waals surface area contributed by atoms with Gasteiger partial charge >= 0.3 is 11.9 Å². The van der Waals surface area contributed by atoms with Crippen molar-refractivity contribution in [3.8, 4) is 0 Å². The van der Waals surface area contributed by atoms with Crippen molar-refractivity contribution >= 4 is 11.9 Å². The number of carbonyl (C=O) groups excluding carboxylic acids is 2. The maximum Gasteiger partial charge on any atom is 0.344 e. The quantitative estimate of drug-likeness (QED) is 0.680. The van der Waals surface area contributed by atoms with Crippen molar-refractivity contribution in [2.75, 3.05) is 6.61 Å². The van der Waals surface area contributed by atoms with Crippen molar-refractivity contribution in [3.05, 3.63) is 0 Å². The van der Waals surface area contributed by atoms with E-state index in [0.29, 0.717) is 0 Å². The van der Waals surface area contributed by atoms with Gasteiger partial charge in [-0.05, 0) is 27.2 Å². The topological polar surface area (TPSA) is 52.6 Å². The minimum absolute atomic E-state index is 0.160. The fraction of sp³-hybridized carbons (Fsp3) is 0.833. The van der Waals surface area contributed by atoms with Crippen LogP contribution in [0, 0.1) is 5.92 Å². The van der Waals surface area contributed by atoms with Crippen molar-refractivity contribution in [2.24, 2.45) is 5.92 Å². The van der Waals surface area contributed by atoms with Gasteiger partial charge in [-0.15, -0.1) is 0 Å². The molecular formula is C12H22O4. The number of carbonyl (C=O) groups is 2. The van der Waals surface area contributed by atoms with Crippen LogP contribution in [0.2, 0.25) is 0 Å². The van der Waals surface area contributed by atoms with Crippen molar-refractivity contribution in [3.63, 3.8) is 0 Å². The van der Waals surface area contributed by atoms with Crippen LogP contribution in [-0.2, 0) is 19.1 Å². The summed E-state index contributed by atoms with van der Waals surface area (Å²) in [5, 5.41) is 0. The second-order valence-electron chi connectivity index (χ2n) is 4.88. The fourth-order valence-electron chi connectivity index (χ4n) is 1.19. The van der Waals surface area contributed by atoms with E-state index in [1.165, 1.54) is 0 Å². The molecule has 0 amide bonds. The monoisotopic (exact) mass is 230 g/mol. The molecule has 0 aliphatic carbocycles. The average Bonchev–Trinajstić information content (AvgIpc) is 2.11. The highest BCUT2D eigenvalue weighted by molar-refractivity contribution is 5.77. The molecule has 0 radical (unpaired) electrons. The molecule has 0 fully saturated rings. The summed E-state index contributed by atoms with van der Waals surface area (Å²) in [7, 11) is 0. The van der Waals surface area contributed by atoms with Gasteiger partial charge in [0.1, 0.15) is 5.60 Å². The van der Waals surface area contributed by atoms with E-state index in [2.05, 4.69) is 0 Å². The molecule has 94 valence electrons. The lowest BCUT2D eigenvalue weighted by molar-refractivity contribution is -0.168. The van der Waals surface area contributed by atoms with Gasteiger partial charge in [0.2, 0.25) is 0 Å². The smallest absolute Gasteiger partial charge is 0.344 e. The summed E-state index contributed by atoms with van der Waals surface area (Å²) in [6, 6.07) is 0. The Morgan fingerprint density at radius 2 is 1.81 bits per heavy atom. The summed E-state index contributed by atoms with van der Waals surface area (Å²) in [4.78, 5) is 22.6. The highest BCUT2D eigenvalue weighted by atomic mass is 16.6. The van der Waals surface area contributed by atoms with E-state index in [1.54, 1.807) is 27.7 Å². The lowest BCUT2D eigenvalue weighted by Crippen LogP contribution is -2.28. The molecule has 0 aromatic rings. The summed E-state index contributed by atoms with van der Waals surface area (Å²) in [6.45, 7) is 8.80.